The van der Waals surface area contributed by atoms with E-state index >= 15 is 0 Å². The van der Waals surface area contributed by atoms with Crippen molar-refractivity contribution in [2.75, 3.05) is 20.6 Å². The van der Waals surface area contributed by atoms with E-state index in [2.05, 4.69) is 10.2 Å². The number of amides is 1. The molecule has 1 unspecified atom stereocenters. The average molecular weight is 416 g/mol. The number of nitrogens with zero attached hydrogens (tertiary/aromatic N) is 2. The maximum atomic E-state index is 13.1. The molecule has 0 aromatic heterocycles. The van der Waals surface area contributed by atoms with Gasteiger partial charge in [-0.15, -0.1) is 0 Å². The summed E-state index contributed by atoms with van der Waals surface area (Å²) >= 11 is 0. The van der Waals surface area contributed by atoms with E-state index in [9.17, 15) is 13.2 Å². The van der Waals surface area contributed by atoms with E-state index in [0.29, 0.717) is 19.5 Å². The Morgan fingerprint density at radius 1 is 1.03 bits per heavy atom. The van der Waals surface area contributed by atoms with Crippen molar-refractivity contribution >= 4 is 15.9 Å². The summed E-state index contributed by atoms with van der Waals surface area (Å²) in [6.45, 7) is 1.54. The summed E-state index contributed by atoms with van der Waals surface area (Å²) < 4.78 is 27.6. The second-order valence-electron chi connectivity index (χ2n) is 7.66. The molecule has 0 aliphatic carbocycles. The Morgan fingerprint density at radius 2 is 1.69 bits per heavy atom. The van der Waals surface area contributed by atoms with Gasteiger partial charge in [0.2, 0.25) is 15.9 Å². The van der Waals surface area contributed by atoms with Crippen molar-refractivity contribution in [3.8, 4) is 0 Å². The first-order valence-electron chi connectivity index (χ1n) is 9.95. The first-order chi connectivity index (χ1) is 13.9. The molecule has 1 N–H and O–H groups in total. The lowest BCUT2D eigenvalue weighted by Crippen LogP contribution is -2.51. The first-order valence-corrected chi connectivity index (χ1v) is 11.4. The molecule has 156 valence electrons. The van der Waals surface area contributed by atoms with E-state index in [1.165, 1.54) is 4.31 Å². The molecule has 2 aromatic carbocycles. The zero-order chi connectivity index (χ0) is 20.9. The maximum Gasteiger partial charge on any atom is 0.243 e. The third kappa shape index (κ3) is 5.23. The smallest absolute Gasteiger partial charge is 0.243 e. The molecule has 0 radical (unpaired) electrons. The minimum absolute atomic E-state index is 0.232. The molecule has 1 aliphatic heterocycles. The van der Waals surface area contributed by atoms with Gasteiger partial charge in [-0.25, -0.2) is 8.42 Å². The highest BCUT2D eigenvalue weighted by Gasteiger charge is 2.37. The minimum Gasteiger partial charge on any atom is -0.351 e. The second-order valence-corrected chi connectivity index (χ2v) is 9.56. The molecule has 6 nitrogen and oxygen atoms in total. The molecule has 1 atom stereocenters. The maximum absolute atomic E-state index is 13.1. The molecule has 7 heteroatoms. The highest BCUT2D eigenvalue weighted by atomic mass is 32.2. The van der Waals surface area contributed by atoms with E-state index in [-0.39, 0.29) is 10.8 Å². The Kier molecular flexibility index (Phi) is 7.05. The van der Waals surface area contributed by atoms with E-state index in [1.807, 2.05) is 38.4 Å². The molecular formula is C22H29N3O3S. The van der Waals surface area contributed by atoms with E-state index in [4.69, 9.17) is 0 Å². The van der Waals surface area contributed by atoms with Crippen molar-refractivity contribution in [3.63, 3.8) is 0 Å². The third-order valence-electron chi connectivity index (χ3n) is 5.16. The van der Waals surface area contributed by atoms with Crippen LogP contribution in [0.3, 0.4) is 0 Å². The molecule has 0 bridgehead atoms. The Labute approximate surface area is 173 Å². The lowest BCUT2D eigenvalue weighted by molar-refractivity contribution is -0.125. The van der Waals surface area contributed by atoms with Gasteiger partial charge in [-0.05, 0) is 50.2 Å². The summed E-state index contributed by atoms with van der Waals surface area (Å²) in [6.07, 6.45) is 2.15. The largest absolute Gasteiger partial charge is 0.351 e. The number of piperidine rings is 1. The molecule has 3 rings (SSSR count). The van der Waals surface area contributed by atoms with Gasteiger partial charge in [0.25, 0.3) is 0 Å². The van der Waals surface area contributed by atoms with Crippen LogP contribution in [0.1, 0.15) is 30.4 Å². The summed E-state index contributed by atoms with van der Waals surface area (Å²) in [4.78, 5) is 15.3. The lowest BCUT2D eigenvalue weighted by Gasteiger charge is -2.33. The summed E-state index contributed by atoms with van der Waals surface area (Å²) in [5, 5.41) is 2.97. The Morgan fingerprint density at radius 3 is 2.38 bits per heavy atom. The van der Waals surface area contributed by atoms with Gasteiger partial charge < -0.3 is 10.2 Å². The number of benzene rings is 2. The fourth-order valence-electron chi connectivity index (χ4n) is 3.71. The molecule has 29 heavy (non-hydrogen) atoms. The highest BCUT2D eigenvalue weighted by Crippen LogP contribution is 2.25. The van der Waals surface area contributed by atoms with Crippen LogP contribution in [0.25, 0.3) is 0 Å². The Balaban J connectivity index is 1.74. The first kappa shape index (κ1) is 21.5. The quantitative estimate of drug-likeness (QED) is 0.755. The highest BCUT2D eigenvalue weighted by molar-refractivity contribution is 7.89. The van der Waals surface area contributed by atoms with Crippen molar-refractivity contribution in [3.05, 3.63) is 65.7 Å². The van der Waals surface area contributed by atoms with Crippen molar-refractivity contribution in [1.29, 1.82) is 0 Å². The summed E-state index contributed by atoms with van der Waals surface area (Å²) in [6, 6.07) is 15.7. The van der Waals surface area contributed by atoms with Crippen LogP contribution in [-0.2, 0) is 27.9 Å². The number of carbonyl (C=O) groups excluding carboxylic acids is 1. The average Bonchev–Trinajstić information content (AvgIpc) is 2.73. The molecule has 1 fully saturated rings. The number of rotatable bonds is 7. The van der Waals surface area contributed by atoms with Crippen LogP contribution in [0.15, 0.2) is 59.5 Å². The molecular weight excluding hydrogens is 386 g/mol. The van der Waals surface area contributed by atoms with Crippen LogP contribution in [0.2, 0.25) is 0 Å². The topological polar surface area (TPSA) is 69.7 Å². The lowest BCUT2D eigenvalue weighted by atomic mass is 10.0. The fraction of sp³-hybridized carbons (Fsp3) is 0.409. The molecule has 1 amide bonds. The van der Waals surface area contributed by atoms with Crippen molar-refractivity contribution in [2.45, 2.75) is 43.3 Å². The van der Waals surface area contributed by atoms with Gasteiger partial charge in [-0.3, -0.25) is 4.79 Å². The van der Waals surface area contributed by atoms with Gasteiger partial charge in [-0.2, -0.15) is 4.31 Å². The van der Waals surface area contributed by atoms with Crippen molar-refractivity contribution < 1.29 is 13.2 Å². The summed E-state index contributed by atoms with van der Waals surface area (Å²) in [5.41, 5.74) is 2.19. The van der Waals surface area contributed by atoms with E-state index in [0.717, 1.165) is 30.5 Å². The third-order valence-corrected chi connectivity index (χ3v) is 7.09. The summed E-state index contributed by atoms with van der Waals surface area (Å²) in [5.74, 6) is -0.233. The van der Waals surface area contributed by atoms with Gasteiger partial charge in [0.05, 0.1) is 4.90 Å². The predicted octanol–water partition coefficient (Wildman–Crippen LogP) is 2.61. The van der Waals surface area contributed by atoms with Crippen LogP contribution >= 0.6 is 0 Å². The monoisotopic (exact) mass is 415 g/mol. The van der Waals surface area contributed by atoms with Gasteiger partial charge in [0.15, 0.2) is 0 Å². The Bertz CT molecular complexity index is 929. The number of hydrogen-bond acceptors (Lipinski definition) is 4. The van der Waals surface area contributed by atoms with Crippen molar-refractivity contribution in [1.82, 2.24) is 14.5 Å². The van der Waals surface area contributed by atoms with Crippen LogP contribution in [-0.4, -0.2) is 50.2 Å². The molecule has 2 aromatic rings. The number of sulfonamides is 1. The van der Waals surface area contributed by atoms with Crippen LogP contribution in [0.5, 0.6) is 0 Å². The van der Waals surface area contributed by atoms with Crippen LogP contribution in [0, 0.1) is 0 Å². The standard InChI is InChI=1S/C22H29N3O3S/c1-24(2)17-19-11-7-6-10-18(19)16-23-22(26)21-14-8-9-15-25(21)29(27,28)20-12-4-3-5-13-20/h3-7,10-13,21H,8-9,14-17H2,1-2H3,(H,23,26). The zero-order valence-electron chi connectivity index (χ0n) is 17.0. The molecule has 0 spiro atoms. The molecule has 0 saturated carbocycles. The van der Waals surface area contributed by atoms with Crippen molar-refractivity contribution in [2.24, 2.45) is 0 Å². The zero-order valence-corrected chi connectivity index (χ0v) is 17.9. The molecule has 1 heterocycles. The SMILES string of the molecule is CN(C)Cc1ccccc1CNC(=O)C1CCCCN1S(=O)(=O)c1ccccc1. The van der Waals surface area contributed by atoms with E-state index < -0.39 is 16.1 Å². The van der Waals surface area contributed by atoms with E-state index in [1.54, 1.807) is 30.3 Å². The summed E-state index contributed by atoms with van der Waals surface area (Å²) in [7, 11) is 0.310. The van der Waals surface area contributed by atoms with Gasteiger partial charge >= 0.3 is 0 Å². The normalized spacial score (nSPS) is 18.0. The number of nitrogens with one attached hydrogen (secondary N) is 1. The predicted molar refractivity (Wildman–Crippen MR) is 114 cm³/mol. The molecule has 1 aliphatic rings. The molecule has 1 saturated heterocycles. The fourth-order valence-corrected chi connectivity index (χ4v) is 5.39. The van der Waals surface area contributed by atoms with Crippen LogP contribution in [0.4, 0.5) is 0 Å². The number of carbonyl (C=O) groups is 1. The Hall–Kier alpha value is -2.22. The second kappa shape index (κ2) is 9.52. The number of hydrogen-bond donors (Lipinski definition) is 1. The minimum atomic E-state index is -3.70. The van der Waals surface area contributed by atoms with Gasteiger partial charge in [0, 0.05) is 19.6 Å². The van der Waals surface area contributed by atoms with Gasteiger partial charge in [-0.1, -0.05) is 48.9 Å². The van der Waals surface area contributed by atoms with Gasteiger partial charge in [0.1, 0.15) is 6.04 Å². The van der Waals surface area contributed by atoms with Crippen LogP contribution < -0.4 is 5.32 Å².